The van der Waals surface area contributed by atoms with Crippen molar-refractivity contribution in [1.82, 2.24) is 0 Å². The molecule has 0 spiro atoms. The zero-order chi connectivity index (χ0) is 10.6. The topological polar surface area (TPSA) is 18.5 Å². The van der Waals surface area contributed by atoms with Gasteiger partial charge in [0, 0.05) is 19.8 Å². The first-order chi connectivity index (χ1) is 6.68. The van der Waals surface area contributed by atoms with Crippen LogP contribution in [0.3, 0.4) is 0 Å². The van der Waals surface area contributed by atoms with E-state index in [1.165, 1.54) is 5.56 Å². The van der Waals surface area contributed by atoms with Crippen LogP contribution in [0.25, 0.3) is 0 Å². The van der Waals surface area contributed by atoms with Crippen LogP contribution >= 0.6 is 22.6 Å². The molecule has 2 nitrogen and oxygen atoms in total. The number of methoxy groups -OCH3 is 2. The van der Waals surface area contributed by atoms with Gasteiger partial charge in [0.2, 0.25) is 5.79 Å². The summed E-state index contributed by atoms with van der Waals surface area (Å²) < 4.78 is 11.6. The predicted octanol–water partition coefficient (Wildman–Crippen LogP) is 2.88. The van der Waals surface area contributed by atoms with E-state index in [1.807, 2.05) is 12.1 Å². The van der Waals surface area contributed by atoms with E-state index in [0.717, 1.165) is 9.99 Å². The van der Waals surface area contributed by atoms with Crippen LogP contribution in [-0.2, 0) is 15.3 Å². The molecular formula is C11H15IO2. The van der Waals surface area contributed by atoms with Crippen molar-refractivity contribution in [3.8, 4) is 0 Å². The average molecular weight is 306 g/mol. The average Bonchev–Trinajstić information content (AvgIpc) is 2.24. The van der Waals surface area contributed by atoms with Gasteiger partial charge >= 0.3 is 0 Å². The Hall–Kier alpha value is -0.130. The maximum Gasteiger partial charge on any atom is 0.203 e. The third-order valence-corrected chi connectivity index (χ3v) is 3.33. The zero-order valence-electron chi connectivity index (χ0n) is 8.71. The van der Waals surface area contributed by atoms with Crippen LogP contribution in [0, 0.1) is 6.92 Å². The van der Waals surface area contributed by atoms with Gasteiger partial charge in [-0.25, -0.2) is 0 Å². The molecule has 0 fully saturated rings. The monoisotopic (exact) mass is 306 g/mol. The summed E-state index contributed by atoms with van der Waals surface area (Å²) in [5, 5.41) is 0. The second kappa shape index (κ2) is 5.09. The number of hydrogen-bond acceptors (Lipinski definition) is 2. The van der Waals surface area contributed by atoms with E-state index in [4.69, 9.17) is 9.47 Å². The fraction of sp³-hybridized carbons (Fsp3) is 0.455. The Bertz CT molecular complexity index is 270. The second-order valence-corrected chi connectivity index (χ2v) is 3.92. The summed E-state index contributed by atoms with van der Waals surface area (Å²) in [7, 11) is 3.34. The lowest BCUT2D eigenvalue weighted by atomic mass is 10.1. The third kappa shape index (κ3) is 2.27. The van der Waals surface area contributed by atoms with Crippen molar-refractivity contribution in [3.05, 3.63) is 35.4 Å². The van der Waals surface area contributed by atoms with E-state index < -0.39 is 5.79 Å². The van der Waals surface area contributed by atoms with Gasteiger partial charge in [0.05, 0.1) is 4.43 Å². The summed E-state index contributed by atoms with van der Waals surface area (Å²) in [5.41, 5.74) is 2.30. The first kappa shape index (κ1) is 11.9. The van der Waals surface area contributed by atoms with Gasteiger partial charge in [0.25, 0.3) is 0 Å². The highest BCUT2D eigenvalue weighted by Gasteiger charge is 2.30. The molecule has 0 heterocycles. The Kier molecular flexibility index (Phi) is 4.34. The molecule has 1 rings (SSSR count). The molecule has 0 radical (unpaired) electrons. The smallest absolute Gasteiger partial charge is 0.203 e. The molecule has 0 aliphatic carbocycles. The molecule has 0 atom stereocenters. The summed E-state index contributed by atoms with van der Waals surface area (Å²) in [5.74, 6) is -0.603. The Balaban J connectivity index is 3.05. The van der Waals surface area contributed by atoms with Gasteiger partial charge in [-0.05, 0) is 6.92 Å². The quantitative estimate of drug-likeness (QED) is 0.484. The highest BCUT2D eigenvalue weighted by Crippen LogP contribution is 2.28. The molecule has 0 unspecified atom stereocenters. The fourth-order valence-electron chi connectivity index (χ4n) is 1.31. The lowest BCUT2D eigenvalue weighted by molar-refractivity contribution is -0.195. The largest absolute Gasteiger partial charge is 0.349 e. The first-order valence-electron chi connectivity index (χ1n) is 4.42. The van der Waals surface area contributed by atoms with Gasteiger partial charge in [-0.1, -0.05) is 52.4 Å². The van der Waals surface area contributed by atoms with Crippen molar-refractivity contribution in [2.24, 2.45) is 0 Å². The number of hydrogen-bond donors (Lipinski definition) is 0. The van der Waals surface area contributed by atoms with Crippen molar-refractivity contribution in [2.45, 2.75) is 12.7 Å². The van der Waals surface area contributed by atoms with Crippen LogP contribution in [0.5, 0.6) is 0 Å². The van der Waals surface area contributed by atoms with E-state index in [1.54, 1.807) is 14.2 Å². The van der Waals surface area contributed by atoms with Crippen LogP contribution in [0.15, 0.2) is 24.3 Å². The molecule has 0 saturated heterocycles. The Morgan fingerprint density at radius 2 is 1.64 bits per heavy atom. The van der Waals surface area contributed by atoms with Gasteiger partial charge in [-0.15, -0.1) is 0 Å². The highest BCUT2D eigenvalue weighted by molar-refractivity contribution is 14.1. The first-order valence-corrected chi connectivity index (χ1v) is 5.94. The van der Waals surface area contributed by atoms with E-state index in [2.05, 4.69) is 41.6 Å². The van der Waals surface area contributed by atoms with Crippen molar-refractivity contribution in [3.63, 3.8) is 0 Å². The minimum atomic E-state index is -0.603. The van der Waals surface area contributed by atoms with Crippen LogP contribution in [0.4, 0.5) is 0 Å². The van der Waals surface area contributed by atoms with Crippen molar-refractivity contribution in [1.29, 1.82) is 0 Å². The van der Waals surface area contributed by atoms with Gasteiger partial charge in [0.15, 0.2) is 0 Å². The molecule has 78 valence electrons. The molecule has 0 amide bonds. The van der Waals surface area contributed by atoms with Crippen molar-refractivity contribution in [2.75, 3.05) is 18.6 Å². The van der Waals surface area contributed by atoms with Crippen molar-refractivity contribution >= 4 is 22.6 Å². The van der Waals surface area contributed by atoms with Crippen LogP contribution in [0.2, 0.25) is 0 Å². The van der Waals surface area contributed by atoms with E-state index >= 15 is 0 Å². The summed E-state index contributed by atoms with van der Waals surface area (Å²) in [6.07, 6.45) is 0. The van der Waals surface area contributed by atoms with Crippen molar-refractivity contribution < 1.29 is 9.47 Å². The molecule has 0 N–H and O–H groups in total. The molecule has 1 aromatic rings. The SMILES string of the molecule is COC(CI)(OC)c1ccc(C)cc1. The minimum Gasteiger partial charge on any atom is -0.349 e. The third-order valence-electron chi connectivity index (χ3n) is 2.33. The normalized spacial score (nSPS) is 11.7. The Labute approximate surface area is 98.7 Å². The van der Waals surface area contributed by atoms with Gasteiger partial charge < -0.3 is 9.47 Å². The predicted molar refractivity (Wildman–Crippen MR) is 65.8 cm³/mol. The van der Waals surface area contributed by atoms with Gasteiger partial charge in [0.1, 0.15) is 0 Å². The van der Waals surface area contributed by atoms with Crippen LogP contribution in [0.1, 0.15) is 11.1 Å². The summed E-state index contributed by atoms with van der Waals surface area (Å²) in [4.78, 5) is 0. The molecule has 1 aromatic carbocycles. The standard InChI is InChI=1S/C11H15IO2/c1-9-4-6-10(7-5-9)11(8-12,13-2)14-3/h4-7H,8H2,1-3H3. The lowest BCUT2D eigenvalue weighted by Crippen LogP contribution is -2.32. The van der Waals surface area contributed by atoms with Gasteiger partial charge in [-0.3, -0.25) is 0 Å². The van der Waals surface area contributed by atoms with Crippen LogP contribution in [-0.4, -0.2) is 18.6 Å². The number of benzene rings is 1. The van der Waals surface area contributed by atoms with E-state index in [9.17, 15) is 0 Å². The fourth-order valence-corrected chi connectivity index (χ4v) is 2.38. The molecule has 0 saturated carbocycles. The summed E-state index contributed by atoms with van der Waals surface area (Å²) in [6, 6.07) is 8.21. The summed E-state index contributed by atoms with van der Waals surface area (Å²) in [6.45, 7) is 2.06. The highest BCUT2D eigenvalue weighted by atomic mass is 127. The minimum absolute atomic E-state index is 0.603. The molecular weight excluding hydrogens is 291 g/mol. The maximum absolute atomic E-state index is 5.43. The Morgan fingerprint density at radius 3 is 2.00 bits per heavy atom. The number of rotatable bonds is 4. The zero-order valence-corrected chi connectivity index (χ0v) is 10.9. The lowest BCUT2D eigenvalue weighted by Gasteiger charge is -2.29. The number of ether oxygens (including phenoxy) is 2. The molecule has 0 aliphatic heterocycles. The van der Waals surface area contributed by atoms with E-state index in [0.29, 0.717) is 0 Å². The van der Waals surface area contributed by atoms with Crippen LogP contribution < -0.4 is 0 Å². The number of alkyl halides is 1. The number of aryl methyl sites for hydroxylation is 1. The number of halogens is 1. The second-order valence-electron chi connectivity index (χ2n) is 3.16. The summed E-state index contributed by atoms with van der Waals surface area (Å²) >= 11 is 2.26. The Morgan fingerprint density at radius 1 is 1.14 bits per heavy atom. The molecule has 0 aromatic heterocycles. The van der Waals surface area contributed by atoms with Gasteiger partial charge in [-0.2, -0.15) is 0 Å². The molecule has 14 heavy (non-hydrogen) atoms. The molecule has 0 bridgehead atoms. The maximum atomic E-state index is 5.43. The molecule has 3 heteroatoms. The van der Waals surface area contributed by atoms with E-state index in [-0.39, 0.29) is 0 Å². The molecule has 0 aliphatic rings.